The minimum absolute atomic E-state index is 0.214. The lowest BCUT2D eigenvalue weighted by molar-refractivity contribution is -0.166. The number of nitrogens with zero attached hydrogens (tertiary/aromatic N) is 5. The lowest BCUT2D eigenvalue weighted by atomic mass is 9.91. The predicted molar refractivity (Wildman–Crippen MR) is 179 cm³/mol. The number of carbonyl (C=O) groups is 2. The maximum Gasteiger partial charge on any atom is 0.339 e. The van der Waals surface area contributed by atoms with E-state index in [4.69, 9.17) is 26.1 Å². The van der Waals surface area contributed by atoms with Crippen LogP contribution in [0.2, 0.25) is 5.02 Å². The molecule has 0 N–H and O–H groups in total. The zero-order valence-corrected chi connectivity index (χ0v) is 27.6. The van der Waals surface area contributed by atoms with Gasteiger partial charge in [0.1, 0.15) is 5.71 Å². The number of hydrogen-bond donors (Lipinski definition) is 0. The van der Waals surface area contributed by atoms with Gasteiger partial charge < -0.3 is 9.47 Å². The highest BCUT2D eigenvalue weighted by atomic mass is 35.5. The Hall–Kier alpha value is -4.12. The van der Waals surface area contributed by atoms with E-state index in [1.54, 1.807) is 22.7 Å². The van der Waals surface area contributed by atoms with Gasteiger partial charge in [0.2, 0.25) is 0 Å². The van der Waals surface area contributed by atoms with Crippen LogP contribution in [0.25, 0.3) is 32.2 Å². The molecule has 45 heavy (non-hydrogen) atoms. The molecule has 1 amide bonds. The molecule has 1 unspecified atom stereocenters. The SMILES string of the molecule is CCOC(=O)C(OC(C)(C)C)c1c(C)cc2nc(N3CCN=C(c4ccc5c(cnn5C)c4)C3=O)sc2c1-c1ccc(Cl)cc1. The quantitative estimate of drug-likeness (QED) is 0.176. The van der Waals surface area contributed by atoms with Gasteiger partial charge in [0, 0.05) is 40.7 Å². The standard InChI is InChI=1S/C34H34ClN5O4S/c1-7-43-32(42)29(44-34(3,4)5)26-19(2)16-24-30(27(26)20-8-11-23(35)12-9-20)45-33(38-24)40-15-14-36-28(31(40)41)21-10-13-25-22(17-21)18-37-39(25)6/h8-13,16-18,29H,7,14-15H2,1-6H3. The summed E-state index contributed by atoms with van der Waals surface area (Å²) in [6.07, 6.45) is 0.798. The topological polar surface area (TPSA) is 98.9 Å². The molecule has 0 aliphatic carbocycles. The first kappa shape index (κ1) is 30.9. The second-order valence-electron chi connectivity index (χ2n) is 11.9. The lowest BCUT2D eigenvalue weighted by Gasteiger charge is -2.29. The van der Waals surface area contributed by atoms with Gasteiger partial charge >= 0.3 is 5.97 Å². The molecule has 3 heterocycles. The number of anilines is 1. The highest BCUT2D eigenvalue weighted by Crippen LogP contribution is 2.44. The molecule has 0 radical (unpaired) electrons. The molecule has 3 aromatic carbocycles. The van der Waals surface area contributed by atoms with E-state index in [1.807, 2.05) is 83.3 Å². The number of amides is 1. The van der Waals surface area contributed by atoms with Gasteiger partial charge in [-0.25, -0.2) is 9.78 Å². The van der Waals surface area contributed by atoms with Crippen LogP contribution >= 0.6 is 22.9 Å². The fourth-order valence-electron chi connectivity index (χ4n) is 5.62. The third kappa shape index (κ3) is 5.97. The molecule has 1 aliphatic heterocycles. The van der Waals surface area contributed by atoms with E-state index in [-0.39, 0.29) is 12.5 Å². The summed E-state index contributed by atoms with van der Waals surface area (Å²) >= 11 is 7.69. The number of aliphatic imine (C=N–C) groups is 1. The van der Waals surface area contributed by atoms with E-state index < -0.39 is 17.7 Å². The number of hydrogen-bond acceptors (Lipinski definition) is 8. The molecule has 0 spiro atoms. The van der Waals surface area contributed by atoms with Crippen LogP contribution in [0.15, 0.2) is 59.7 Å². The van der Waals surface area contributed by atoms with Crippen LogP contribution < -0.4 is 4.90 Å². The Morgan fingerprint density at radius 3 is 2.56 bits per heavy atom. The normalized spacial score (nSPS) is 14.7. The number of benzene rings is 3. The minimum atomic E-state index is -0.983. The summed E-state index contributed by atoms with van der Waals surface area (Å²) in [6, 6.07) is 15.2. The molecular weight excluding hydrogens is 610 g/mol. The van der Waals surface area contributed by atoms with Crippen molar-refractivity contribution in [3.8, 4) is 11.1 Å². The number of carbonyl (C=O) groups excluding carboxylic acids is 2. The molecular formula is C34H34ClN5O4S. The Morgan fingerprint density at radius 1 is 1.11 bits per heavy atom. The zero-order chi connectivity index (χ0) is 32.0. The first-order valence-electron chi connectivity index (χ1n) is 14.8. The van der Waals surface area contributed by atoms with Crippen molar-refractivity contribution in [2.75, 3.05) is 24.6 Å². The van der Waals surface area contributed by atoms with Crippen molar-refractivity contribution in [2.24, 2.45) is 12.0 Å². The summed E-state index contributed by atoms with van der Waals surface area (Å²) in [5, 5.41) is 6.41. The summed E-state index contributed by atoms with van der Waals surface area (Å²) in [6.45, 7) is 10.5. The van der Waals surface area contributed by atoms with Crippen molar-refractivity contribution in [2.45, 2.75) is 46.3 Å². The molecule has 0 saturated heterocycles. The number of ether oxygens (including phenoxy) is 2. The van der Waals surface area contributed by atoms with Crippen LogP contribution in [0.4, 0.5) is 5.13 Å². The average Bonchev–Trinajstić information content (AvgIpc) is 3.58. The van der Waals surface area contributed by atoms with Crippen molar-refractivity contribution in [1.82, 2.24) is 14.8 Å². The van der Waals surface area contributed by atoms with Gasteiger partial charge in [-0.05, 0) is 76.1 Å². The van der Waals surface area contributed by atoms with E-state index in [9.17, 15) is 9.59 Å². The number of aromatic nitrogens is 3. The number of halogens is 1. The first-order chi connectivity index (χ1) is 21.4. The van der Waals surface area contributed by atoms with Gasteiger partial charge in [0.05, 0.1) is 40.7 Å². The Labute approximate surface area is 270 Å². The molecule has 0 saturated carbocycles. The molecule has 1 aliphatic rings. The van der Waals surface area contributed by atoms with Gasteiger partial charge in [-0.1, -0.05) is 41.1 Å². The fraction of sp³-hybridized carbons (Fsp3) is 0.324. The zero-order valence-electron chi connectivity index (χ0n) is 26.1. The Balaban J connectivity index is 1.48. The number of thiazole rings is 1. The van der Waals surface area contributed by atoms with Crippen molar-refractivity contribution in [1.29, 1.82) is 0 Å². The maximum atomic E-state index is 13.9. The molecule has 0 fully saturated rings. The highest BCUT2D eigenvalue weighted by Gasteiger charge is 2.35. The molecule has 0 bridgehead atoms. The summed E-state index contributed by atoms with van der Waals surface area (Å²) in [5.41, 5.74) is 5.36. The summed E-state index contributed by atoms with van der Waals surface area (Å²) in [5.74, 6) is -0.679. The van der Waals surface area contributed by atoms with Gasteiger partial charge in [0.15, 0.2) is 11.2 Å². The average molecular weight is 644 g/mol. The van der Waals surface area contributed by atoms with Crippen LogP contribution in [-0.2, 0) is 26.1 Å². The maximum absolute atomic E-state index is 13.9. The number of fused-ring (bicyclic) bond motifs is 2. The van der Waals surface area contributed by atoms with E-state index in [0.29, 0.717) is 40.0 Å². The smallest absolute Gasteiger partial charge is 0.339 e. The Kier molecular flexibility index (Phi) is 8.24. The molecule has 1 atom stereocenters. The molecule has 6 rings (SSSR count). The Morgan fingerprint density at radius 2 is 1.84 bits per heavy atom. The van der Waals surface area contributed by atoms with Crippen molar-refractivity contribution in [3.05, 3.63) is 76.4 Å². The van der Waals surface area contributed by atoms with Crippen LogP contribution in [0.1, 0.15) is 50.5 Å². The van der Waals surface area contributed by atoms with Crippen molar-refractivity contribution in [3.63, 3.8) is 0 Å². The molecule has 5 aromatic rings. The van der Waals surface area contributed by atoms with E-state index in [2.05, 4.69) is 10.1 Å². The third-order valence-electron chi connectivity index (χ3n) is 7.58. The Bertz CT molecular complexity index is 1970. The van der Waals surface area contributed by atoms with Crippen LogP contribution in [-0.4, -0.2) is 57.7 Å². The van der Waals surface area contributed by atoms with Gasteiger partial charge in [-0.15, -0.1) is 0 Å². The van der Waals surface area contributed by atoms with E-state index >= 15 is 0 Å². The largest absolute Gasteiger partial charge is 0.464 e. The summed E-state index contributed by atoms with van der Waals surface area (Å²) in [7, 11) is 1.88. The summed E-state index contributed by atoms with van der Waals surface area (Å²) in [4.78, 5) is 38.7. The van der Waals surface area contributed by atoms with Gasteiger partial charge in [-0.3, -0.25) is 19.4 Å². The third-order valence-corrected chi connectivity index (χ3v) is 8.94. The predicted octanol–water partition coefficient (Wildman–Crippen LogP) is 7.07. The van der Waals surface area contributed by atoms with E-state index in [1.165, 1.54) is 11.3 Å². The number of rotatable bonds is 7. The number of aryl methyl sites for hydroxylation is 2. The fourth-order valence-corrected chi connectivity index (χ4v) is 6.90. The van der Waals surface area contributed by atoms with Crippen LogP contribution in [0.5, 0.6) is 0 Å². The molecule has 2 aromatic heterocycles. The van der Waals surface area contributed by atoms with Crippen molar-refractivity contribution < 1.29 is 19.1 Å². The molecule has 9 nitrogen and oxygen atoms in total. The minimum Gasteiger partial charge on any atom is -0.464 e. The second kappa shape index (κ2) is 12.0. The van der Waals surface area contributed by atoms with Crippen LogP contribution in [0.3, 0.4) is 0 Å². The van der Waals surface area contributed by atoms with Crippen molar-refractivity contribution >= 4 is 66.8 Å². The lowest BCUT2D eigenvalue weighted by Crippen LogP contribution is -2.42. The molecule has 11 heteroatoms. The molecule has 232 valence electrons. The second-order valence-corrected chi connectivity index (χ2v) is 13.3. The van der Waals surface area contributed by atoms with Gasteiger partial charge in [-0.2, -0.15) is 5.10 Å². The van der Waals surface area contributed by atoms with Crippen LogP contribution in [0, 0.1) is 6.92 Å². The van der Waals surface area contributed by atoms with E-state index in [0.717, 1.165) is 37.9 Å². The highest BCUT2D eigenvalue weighted by molar-refractivity contribution is 7.23. The number of esters is 1. The monoisotopic (exact) mass is 643 g/mol. The van der Waals surface area contributed by atoms with Gasteiger partial charge in [0.25, 0.3) is 5.91 Å². The summed E-state index contributed by atoms with van der Waals surface area (Å²) < 4.78 is 14.5. The first-order valence-corrected chi connectivity index (χ1v) is 16.0.